The zero-order chi connectivity index (χ0) is 23.3. The third-order valence-corrected chi connectivity index (χ3v) is 4.77. The van der Waals surface area contributed by atoms with Crippen LogP contribution in [-0.4, -0.2) is 17.2 Å². The summed E-state index contributed by atoms with van der Waals surface area (Å²) in [6.07, 6.45) is 0. The lowest BCUT2D eigenvalue weighted by Gasteiger charge is -2.05. The van der Waals surface area contributed by atoms with E-state index in [1.54, 1.807) is 37.3 Å². The Labute approximate surface area is 196 Å². The van der Waals surface area contributed by atoms with Crippen LogP contribution in [0.2, 0.25) is 0 Å². The number of benzene rings is 4. The first-order chi connectivity index (χ1) is 15.2. The van der Waals surface area contributed by atoms with E-state index in [4.69, 9.17) is 10.0 Å². The zero-order valence-electron chi connectivity index (χ0n) is 17.5. The van der Waals surface area contributed by atoms with E-state index in [0.717, 1.165) is 6.07 Å². The number of hydrogen-bond donors (Lipinski definition) is 2. The van der Waals surface area contributed by atoms with Gasteiger partial charge in [-0.05, 0) is 71.1 Å². The van der Waals surface area contributed by atoms with Crippen molar-refractivity contribution < 1.29 is 27.6 Å². The Morgan fingerprint density at radius 3 is 1.45 bits per heavy atom. The fourth-order valence-corrected chi connectivity index (χ4v) is 3.02. The van der Waals surface area contributed by atoms with Gasteiger partial charge in [-0.2, -0.15) is 0 Å². The lowest BCUT2D eigenvalue weighted by atomic mass is 9.79. The Kier molecular flexibility index (Phi) is 9.28. The summed E-state index contributed by atoms with van der Waals surface area (Å²) in [7, 11) is -1.85. The maximum absolute atomic E-state index is 13.5. The van der Waals surface area contributed by atoms with Crippen molar-refractivity contribution >= 4 is 26.1 Å². The smallest absolute Gasteiger partial charge is 0.491 e. The maximum Gasteiger partial charge on any atom is 0.491 e. The third kappa shape index (κ3) is 6.96. The summed E-state index contributed by atoms with van der Waals surface area (Å²) in [5.74, 6) is -1.72. The topological polar surface area (TPSA) is 40.5 Å². The second-order valence-corrected chi connectivity index (χ2v) is 7.09. The van der Waals surface area contributed by atoms with E-state index in [2.05, 4.69) is 0 Å². The lowest BCUT2D eigenvalue weighted by Crippen LogP contribution is -2.32. The van der Waals surface area contributed by atoms with Gasteiger partial charge < -0.3 is 23.5 Å². The molecule has 4 rings (SSSR count). The van der Waals surface area contributed by atoms with Gasteiger partial charge in [0, 0.05) is 5.46 Å². The van der Waals surface area contributed by atoms with Gasteiger partial charge in [0.1, 0.15) is 23.3 Å². The number of rotatable bonds is 3. The van der Waals surface area contributed by atoms with Crippen molar-refractivity contribution in [1.82, 2.24) is 0 Å². The molecule has 0 atom stereocenters. The van der Waals surface area contributed by atoms with Crippen LogP contribution in [-0.2, 0) is 13.5 Å². The van der Waals surface area contributed by atoms with Gasteiger partial charge >= 0.3 is 7.12 Å². The van der Waals surface area contributed by atoms with Gasteiger partial charge in [0.05, 0.1) is 0 Å². The molecule has 0 saturated carbocycles. The molecule has 0 aliphatic heterocycles. The second kappa shape index (κ2) is 11.7. The molecular weight excluding hydrogens is 451 g/mol. The highest BCUT2D eigenvalue weighted by atomic mass is 32.1. The van der Waals surface area contributed by atoms with Gasteiger partial charge in [0.2, 0.25) is 0 Å². The molecule has 0 bridgehead atoms. The molecule has 0 saturated heterocycles. The second-order valence-electron chi connectivity index (χ2n) is 7.09. The Morgan fingerprint density at radius 1 is 0.576 bits per heavy atom. The monoisotopic (exact) mass is 470 g/mol. The average molecular weight is 470 g/mol. The molecule has 0 spiro atoms. The van der Waals surface area contributed by atoms with Crippen LogP contribution >= 0.6 is 0 Å². The maximum atomic E-state index is 13.5. The van der Waals surface area contributed by atoms with Crippen LogP contribution in [0.3, 0.4) is 0 Å². The van der Waals surface area contributed by atoms with E-state index in [9.17, 15) is 17.6 Å². The first-order valence-electron chi connectivity index (χ1n) is 9.68. The van der Waals surface area contributed by atoms with Crippen molar-refractivity contribution in [2.45, 2.75) is 6.92 Å². The summed E-state index contributed by atoms with van der Waals surface area (Å²) >= 11 is 0. The Morgan fingerprint density at radius 2 is 1.03 bits per heavy atom. The van der Waals surface area contributed by atoms with Crippen LogP contribution < -0.4 is 5.46 Å². The summed E-state index contributed by atoms with van der Waals surface area (Å²) in [6, 6.07) is 20.7. The summed E-state index contributed by atoms with van der Waals surface area (Å²) in [5.41, 5.74) is 2.78. The van der Waals surface area contributed by atoms with Gasteiger partial charge in [-0.25, -0.2) is 17.6 Å². The molecule has 4 aromatic rings. The van der Waals surface area contributed by atoms with E-state index in [1.165, 1.54) is 48.5 Å². The minimum absolute atomic E-state index is 0. The predicted octanol–water partition coefficient (Wildman–Crippen LogP) is 5.25. The van der Waals surface area contributed by atoms with E-state index >= 15 is 0 Å². The number of halogens is 4. The van der Waals surface area contributed by atoms with Gasteiger partial charge in [-0.15, -0.1) is 0 Å². The Bertz CT molecular complexity index is 1230. The number of hydrogen-bond acceptors (Lipinski definition) is 2. The standard InChI is InChI=1S/C13H10F2.C12H9BF2O2.S/c1-9-5-6-11(8-13(9)15)10-3-2-4-12(14)7-10;14-10-3-1-2-8(6-10)9-4-5-11(13(16)17)12(15)7-9;/h2-8H,1H3;1-7,16-17H;/q;;-2. The molecule has 2 N–H and O–H groups in total. The highest BCUT2D eigenvalue weighted by Gasteiger charge is 2.16. The highest BCUT2D eigenvalue weighted by molar-refractivity contribution is 7.37. The molecule has 2 nitrogen and oxygen atoms in total. The van der Waals surface area contributed by atoms with Gasteiger partial charge in [0.25, 0.3) is 0 Å². The average Bonchev–Trinajstić information content (AvgIpc) is 2.76. The Balaban J connectivity index is 0.000000228. The molecule has 33 heavy (non-hydrogen) atoms. The third-order valence-electron chi connectivity index (χ3n) is 4.77. The number of aryl methyl sites for hydroxylation is 1. The lowest BCUT2D eigenvalue weighted by molar-refractivity contribution is 0.423. The van der Waals surface area contributed by atoms with Crippen LogP contribution in [0.1, 0.15) is 5.56 Å². The molecule has 0 unspecified atom stereocenters. The molecular formula is C25H19BF4O2S-2. The van der Waals surface area contributed by atoms with Gasteiger partial charge in [-0.3, -0.25) is 0 Å². The van der Waals surface area contributed by atoms with Crippen LogP contribution in [0.4, 0.5) is 17.6 Å². The first-order valence-corrected chi connectivity index (χ1v) is 9.68. The predicted molar refractivity (Wildman–Crippen MR) is 126 cm³/mol. The fraction of sp³-hybridized carbons (Fsp3) is 0.0400. The van der Waals surface area contributed by atoms with Crippen molar-refractivity contribution in [3.8, 4) is 22.3 Å². The van der Waals surface area contributed by atoms with Crippen molar-refractivity contribution in [3.05, 3.63) is 114 Å². The van der Waals surface area contributed by atoms with Crippen LogP contribution in [0, 0.1) is 30.2 Å². The van der Waals surface area contributed by atoms with Crippen molar-refractivity contribution in [3.63, 3.8) is 0 Å². The van der Waals surface area contributed by atoms with Crippen molar-refractivity contribution in [2.75, 3.05) is 0 Å². The van der Waals surface area contributed by atoms with Crippen molar-refractivity contribution in [2.24, 2.45) is 0 Å². The normalized spacial score (nSPS) is 10.0. The quantitative estimate of drug-likeness (QED) is 0.317. The molecule has 0 heterocycles. The summed E-state index contributed by atoms with van der Waals surface area (Å²) in [4.78, 5) is 0. The van der Waals surface area contributed by atoms with E-state index in [1.807, 2.05) is 0 Å². The van der Waals surface area contributed by atoms with E-state index in [-0.39, 0.29) is 30.6 Å². The summed E-state index contributed by atoms with van der Waals surface area (Å²) < 4.78 is 52.7. The SMILES string of the molecule is Cc1ccc(-c2cccc(F)c2)cc1F.OB(O)c1ccc(-c2cccc(F)c2)cc1F.[S-2]. The molecule has 170 valence electrons. The fourth-order valence-electron chi connectivity index (χ4n) is 3.02. The van der Waals surface area contributed by atoms with Crippen LogP contribution in [0.15, 0.2) is 84.9 Å². The Hall–Kier alpha value is -3.07. The molecule has 0 aliphatic rings. The summed E-state index contributed by atoms with van der Waals surface area (Å²) in [5, 5.41) is 17.7. The van der Waals surface area contributed by atoms with E-state index in [0.29, 0.717) is 27.8 Å². The molecule has 0 fully saturated rings. The minimum atomic E-state index is -1.85. The summed E-state index contributed by atoms with van der Waals surface area (Å²) in [6.45, 7) is 1.70. The highest BCUT2D eigenvalue weighted by Crippen LogP contribution is 2.22. The van der Waals surface area contributed by atoms with Gasteiger partial charge in [-0.1, -0.05) is 48.5 Å². The molecule has 0 aliphatic carbocycles. The molecule has 4 aromatic carbocycles. The minimum Gasteiger partial charge on any atom is -2.00 e. The van der Waals surface area contributed by atoms with Gasteiger partial charge in [0.15, 0.2) is 0 Å². The largest absolute Gasteiger partial charge is 2.00 e. The van der Waals surface area contributed by atoms with Crippen LogP contribution in [0.25, 0.3) is 22.3 Å². The first kappa shape index (κ1) is 26.2. The molecule has 8 heteroatoms. The van der Waals surface area contributed by atoms with E-state index < -0.39 is 18.8 Å². The zero-order valence-corrected chi connectivity index (χ0v) is 18.3. The molecule has 0 amide bonds. The molecule has 0 radical (unpaired) electrons. The molecule has 0 aromatic heterocycles. The van der Waals surface area contributed by atoms with Crippen molar-refractivity contribution in [1.29, 1.82) is 0 Å². The van der Waals surface area contributed by atoms with Crippen LogP contribution in [0.5, 0.6) is 0 Å².